The molecule has 0 bridgehead atoms. The fourth-order valence-electron chi connectivity index (χ4n) is 5.49. The molecule has 0 saturated heterocycles. The van der Waals surface area contributed by atoms with E-state index in [-0.39, 0.29) is 11.5 Å². The Hall–Kier alpha value is -5.81. The number of benzene rings is 4. The van der Waals surface area contributed by atoms with Crippen molar-refractivity contribution in [3.05, 3.63) is 180 Å². The van der Waals surface area contributed by atoms with Crippen LogP contribution in [0.5, 0.6) is 0 Å². The van der Waals surface area contributed by atoms with Crippen molar-refractivity contribution >= 4 is 39.9 Å². The molecule has 1 heterocycles. The number of aliphatic hydroxyl groups is 1. The van der Waals surface area contributed by atoms with Gasteiger partial charge in [-0.25, -0.2) is 0 Å². The minimum Gasteiger partial charge on any atom is -0.506 e. The minimum absolute atomic E-state index is 0.00231. The average molecular weight is 546 g/mol. The van der Waals surface area contributed by atoms with E-state index in [9.17, 15) is 9.90 Å². The standard InChI is InChI=1S/C37H27N3O2/c41-36-34(26-21-22-31(25-26)39(27-13-5-1-6-14-27)28-15-7-2-8-16-28)37(42)35(36)32-23-24-33(38-32)40(29-17-9-3-10-18-29)30-19-11-4-12-20-30/h1-25,38,41H. The Kier molecular flexibility index (Phi) is 6.38. The van der Waals surface area contributed by atoms with Crippen LogP contribution in [-0.4, -0.2) is 15.9 Å². The third-order valence-corrected chi connectivity index (χ3v) is 7.45. The fraction of sp³-hybridized carbons (Fsp3) is 0. The fourth-order valence-corrected chi connectivity index (χ4v) is 5.49. The maximum Gasteiger partial charge on any atom is 0.203 e. The van der Waals surface area contributed by atoms with Gasteiger partial charge in [0, 0.05) is 28.4 Å². The third-order valence-electron chi connectivity index (χ3n) is 7.45. The molecular formula is C37H27N3O2. The zero-order valence-corrected chi connectivity index (χ0v) is 22.7. The van der Waals surface area contributed by atoms with Crippen molar-refractivity contribution in [1.82, 2.24) is 4.98 Å². The molecule has 1 aromatic heterocycles. The Balaban J connectivity index is 1.23. The predicted octanol–water partition coefficient (Wildman–Crippen LogP) is 8.92. The molecule has 0 aliphatic heterocycles. The van der Waals surface area contributed by atoms with E-state index >= 15 is 0 Å². The highest BCUT2D eigenvalue weighted by Gasteiger charge is 2.38. The van der Waals surface area contributed by atoms with Crippen molar-refractivity contribution in [2.45, 2.75) is 0 Å². The number of carbonyl (C=O) groups is 1. The number of aromatic nitrogens is 1. The van der Waals surface area contributed by atoms with Gasteiger partial charge in [-0.15, -0.1) is 0 Å². The molecule has 0 radical (unpaired) electrons. The monoisotopic (exact) mass is 545 g/mol. The van der Waals surface area contributed by atoms with Gasteiger partial charge >= 0.3 is 0 Å². The third kappa shape index (κ3) is 4.43. The molecule has 4 aromatic carbocycles. The van der Waals surface area contributed by atoms with Crippen molar-refractivity contribution in [1.29, 1.82) is 0 Å². The van der Waals surface area contributed by atoms with Crippen LogP contribution >= 0.6 is 0 Å². The van der Waals surface area contributed by atoms with Gasteiger partial charge in [-0.1, -0.05) is 78.9 Å². The maximum absolute atomic E-state index is 13.5. The molecule has 202 valence electrons. The number of ketones is 1. The van der Waals surface area contributed by atoms with Gasteiger partial charge < -0.3 is 15.0 Å². The van der Waals surface area contributed by atoms with Crippen molar-refractivity contribution < 1.29 is 9.90 Å². The number of aromatic amines is 1. The number of H-pyrrole nitrogens is 1. The molecule has 0 fully saturated rings. The molecule has 0 saturated carbocycles. The van der Waals surface area contributed by atoms with Gasteiger partial charge in [-0.3, -0.25) is 9.69 Å². The predicted molar refractivity (Wildman–Crippen MR) is 169 cm³/mol. The van der Waals surface area contributed by atoms with Crippen LogP contribution in [0.15, 0.2) is 174 Å². The number of aliphatic hydroxyl groups excluding tert-OH is 1. The average Bonchev–Trinajstić information content (AvgIpc) is 3.70. The molecule has 42 heavy (non-hydrogen) atoms. The largest absolute Gasteiger partial charge is 0.506 e. The summed E-state index contributed by atoms with van der Waals surface area (Å²) in [6.07, 6.45) is 5.82. The topological polar surface area (TPSA) is 59.6 Å². The van der Waals surface area contributed by atoms with E-state index in [0.717, 1.165) is 34.3 Å². The van der Waals surface area contributed by atoms with Crippen molar-refractivity contribution in [3.8, 4) is 0 Å². The van der Waals surface area contributed by atoms with Gasteiger partial charge in [0.2, 0.25) is 5.78 Å². The summed E-state index contributed by atoms with van der Waals surface area (Å²) in [4.78, 5) is 21.1. The van der Waals surface area contributed by atoms with E-state index in [0.29, 0.717) is 22.4 Å². The Morgan fingerprint density at radius 1 is 0.524 bits per heavy atom. The maximum atomic E-state index is 13.5. The van der Waals surface area contributed by atoms with Crippen LogP contribution in [0.4, 0.5) is 28.6 Å². The molecule has 5 nitrogen and oxygen atoms in total. The molecule has 5 heteroatoms. The normalized spacial score (nSPS) is 15.9. The lowest BCUT2D eigenvalue weighted by Gasteiger charge is -2.25. The molecule has 2 N–H and O–H groups in total. The van der Waals surface area contributed by atoms with Crippen LogP contribution in [0.1, 0.15) is 5.69 Å². The Bertz CT molecular complexity index is 1800. The summed E-state index contributed by atoms with van der Waals surface area (Å²) < 4.78 is 0. The van der Waals surface area contributed by atoms with Gasteiger partial charge in [-0.05, 0) is 78.4 Å². The first-order valence-corrected chi connectivity index (χ1v) is 13.8. The summed E-state index contributed by atoms with van der Waals surface area (Å²) in [5, 5.41) is 11.2. The van der Waals surface area contributed by atoms with E-state index in [4.69, 9.17) is 0 Å². The van der Waals surface area contributed by atoms with Crippen LogP contribution in [0, 0.1) is 0 Å². The first-order chi connectivity index (χ1) is 20.7. The molecule has 5 aromatic rings. The van der Waals surface area contributed by atoms with Crippen molar-refractivity contribution in [2.24, 2.45) is 0 Å². The first kappa shape index (κ1) is 25.2. The van der Waals surface area contributed by atoms with Crippen LogP contribution < -0.4 is 9.80 Å². The minimum atomic E-state index is -0.185. The Morgan fingerprint density at radius 3 is 1.48 bits per heavy atom. The zero-order valence-electron chi connectivity index (χ0n) is 22.7. The lowest BCUT2D eigenvalue weighted by Crippen LogP contribution is -2.22. The van der Waals surface area contributed by atoms with Crippen LogP contribution in [0.3, 0.4) is 0 Å². The summed E-state index contributed by atoms with van der Waals surface area (Å²) in [5.74, 6) is 0.610. The van der Waals surface area contributed by atoms with Crippen molar-refractivity contribution in [3.63, 3.8) is 0 Å². The smallest absolute Gasteiger partial charge is 0.203 e. The molecule has 2 aliphatic carbocycles. The van der Waals surface area contributed by atoms with Crippen LogP contribution in [-0.2, 0) is 4.79 Å². The highest BCUT2D eigenvalue weighted by atomic mass is 16.3. The number of nitrogens with one attached hydrogen (secondary N) is 1. The summed E-state index contributed by atoms with van der Waals surface area (Å²) in [6, 6.07) is 44.0. The lowest BCUT2D eigenvalue weighted by molar-refractivity contribution is -0.111. The number of para-hydroxylation sites is 4. The molecular weight excluding hydrogens is 518 g/mol. The molecule has 0 unspecified atom stereocenters. The second-order valence-corrected chi connectivity index (χ2v) is 10.1. The van der Waals surface area contributed by atoms with Crippen molar-refractivity contribution in [2.75, 3.05) is 9.80 Å². The zero-order chi connectivity index (χ0) is 28.5. The number of carbonyl (C=O) groups excluding carboxylic acids is 1. The Labute approximate surface area is 244 Å². The summed E-state index contributed by atoms with van der Waals surface area (Å²) in [5.41, 5.74) is 6.77. The number of rotatable bonds is 7. The van der Waals surface area contributed by atoms with E-state index in [1.807, 2.05) is 152 Å². The highest BCUT2D eigenvalue weighted by molar-refractivity contribution is 6.39. The number of hydrogen-bond acceptors (Lipinski definition) is 4. The number of allylic oxidation sites excluding steroid dienone is 6. The van der Waals surface area contributed by atoms with E-state index < -0.39 is 0 Å². The number of Topliss-reactive ketones (excluding diaryl/α,β-unsaturated/α-hetero) is 1. The van der Waals surface area contributed by atoms with Crippen LogP contribution in [0.25, 0.3) is 5.57 Å². The Morgan fingerprint density at radius 2 is 1.00 bits per heavy atom. The number of anilines is 5. The lowest BCUT2D eigenvalue weighted by atomic mass is 9.83. The summed E-state index contributed by atoms with van der Waals surface area (Å²) >= 11 is 0. The van der Waals surface area contributed by atoms with Gasteiger partial charge in [0.05, 0.1) is 16.8 Å². The molecule has 0 spiro atoms. The first-order valence-electron chi connectivity index (χ1n) is 13.8. The summed E-state index contributed by atoms with van der Waals surface area (Å²) in [6.45, 7) is 0. The van der Waals surface area contributed by atoms with E-state index in [2.05, 4.69) is 14.8 Å². The van der Waals surface area contributed by atoms with Gasteiger partial charge in [0.1, 0.15) is 11.6 Å². The second kappa shape index (κ2) is 10.6. The van der Waals surface area contributed by atoms with Gasteiger partial charge in [0.25, 0.3) is 0 Å². The van der Waals surface area contributed by atoms with E-state index in [1.165, 1.54) is 0 Å². The molecule has 7 rings (SSSR count). The molecule has 2 aliphatic rings. The molecule has 0 amide bonds. The number of nitrogens with zero attached hydrogens (tertiary/aromatic N) is 2. The number of hydrogen-bond donors (Lipinski definition) is 2. The molecule has 0 atom stereocenters. The van der Waals surface area contributed by atoms with Gasteiger partial charge in [0.15, 0.2) is 0 Å². The van der Waals surface area contributed by atoms with Crippen LogP contribution in [0.2, 0.25) is 0 Å². The quantitative estimate of drug-likeness (QED) is 0.201. The highest BCUT2D eigenvalue weighted by Crippen LogP contribution is 2.42. The van der Waals surface area contributed by atoms with E-state index in [1.54, 1.807) is 0 Å². The SMILES string of the molecule is O=C1C(=C2C=CC(N(c3ccccc3)c3ccccc3)=C2)C(O)=C1c1ccc(N(c2ccccc2)c2ccccc2)[nH]1. The van der Waals surface area contributed by atoms with Gasteiger partial charge in [-0.2, -0.15) is 0 Å². The summed E-state index contributed by atoms with van der Waals surface area (Å²) in [7, 11) is 0. The second-order valence-electron chi connectivity index (χ2n) is 10.1.